The van der Waals surface area contributed by atoms with Gasteiger partial charge in [0.1, 0.15) is 0 Å². The Morgan fingerprint density at radius 2 is 1.76 bits per heavy atom. The molecule has 3 heteroatoms. The molecule has 21 heavy (non-hydrogen) atoms. The van der Waals surface area contributed by atoms with Crippen LogP contribution in [0.5, 0.6) is 0 Å². The minimum Gasteiger partial charge on any atom is -0.337 e. The van der Waals surface area contributed by atoms with Gasteiger partial charge in [-0.25, -0.2) is 0 Å². The predicted octanol–water partition coefficient (Wildman–Crippen LogP) is 2.81. The fourth-order valence-corrected chi connectivity index (χ4v) is 2.39. The first-order valence-corrected chi connectivity index (χ1v) is 7.53. The van der Waals surface area contributed by atoms with Gasteiger partial charge in [-0.1, -0.05) is 48.1 Å². The Kier molecular flexibility index (Phi) is 5.76. The predicted molar refractivity (Wildman–Crippen MR) is 87.9 cm³/mol. The molecule has 1 aliphatic rings. The van der Waals surface area contributed by atoms with Crippen LogP contribution in [0.2, 0.25) is 0 Å². The standard InChI is InChI=1S/C18H24N2O/c1-16(2)15-18(21)20-13-11-19(12-14-20)10-6-9-17-7-4-3-5-8-17/h3-9,15H,10-14H2,1-2H3/b9-6+. The minimum absolute atomic E-state index is 0.148. The highest BCUT2D eigenvalue weighted by atomic mass is 16.2. The van der Waals surface area contributed by atoms with E-state index < -0.39 is 0 Å². The monoisotopic (exact) mass is 284 g/mol. The number of allylic oxidation sites excluding steroid dienone is 1. The fourth-order valence-electron chi connectivity index (χ4n) is 2.39. The topological polar surface area (TPSA) is 23.6 Å². The zero-order chi connectivity index (χ0) is 15.1. The Hall–Kier alpha value is -1.87. The molecule has 1 heterocycles. The number of carbonyl (C=O) groups excluding carboxylic acids is 1. The number of rotatable bonds is 4. The summed E-state index contributed by atoms with van der Waals surface area (Å²) in [4.78, 5) is 16.2. The molecule has 0 saturated carbocycles. The molecule has 0 unspecified atom stereocenters. The van der Waals surface area contributed by atoms with Gasteiger partial charge in [0, 0.05) is 38.8 Å². The van der Waals surface area contributed by atoms with Gasteiger partial charge in [0.15, 0.2) is 0 Å². The van der Waals surface area contributed by atoms with E-state index in [1.807, 2.05) is 36.9 Å². The summed E-state index contributed by atoms with van der Waals surface area (Å²) >= 11 is 0. The van der Waals surface area contributed by atoms with Crippen molar-refractivity contribution in [3.8, 4) is 0 Å². The molecule has 0 aromatic heterocycles. The molecule has 0 spiro atoms. The number of nitrogens with zero attached hydrogens (tertiary/aromatic N) is 2. The third-order valence-electron chi connectivity index (χ3n) is 3.57. The molecule has 1 aromatic carbocycles. The lowest BCUT2D eigenvalue weighted by molar-refractivity contribution is -0.127. The second kappa shape index (κ2) is 7.79. The summed E-state index contributed by atoms with van der Waals surface area (Å²) < 4.78 is 0. The molecule has 112 valence electrons. The molecule has 1 amide bonds. The van der Waals surface area contributed by atoms with Crippen LogP contribution in [0.1, 0.15) is 19.4 Å². The number of piperazine rings is 1. The van der Waals surface area contributed by atoms with Crippen molar-refractivity contribution in [2.75, 3.05) is 32.7 Å². The molecule has 0 radical (unpaired) electrons. The van der Waals surface area contributed by atoms with E-state index in [-0.39, 0.29) is 5.91 Å². The highest BCUT2D eigenvalue weighted by Gasteiger charge is 2.18. The summed E-state index contributed by atoms with van der Waals surface area (Å²) in [5.41, 5.74) is 2.29. The summed E-state index contributed by atoms with van der Waals surface area (Å²) in [7, 11) is 0. The molecule has 1 aliphatic heterocycles. The van der Waals surface area contributed by atoms with Gasteiger partial charge in [0.25, 0.3) is 0 Å². The highest BCUT2D eigenvalue weighted by molar-refractivity contribution is 5.88. The minimum atomic E-state index is 0.148. The van der Waals surface area contributed by atoms with Gasteiger partial charge in [-0.3, -0.25) is 9.69 Å². The largest absolute Gasteiger partial charge is 0.337 e. The lowest BCUT2D eigenvalue weighted by Crippen LogP contribution is -2.48. The third kappa shape index (κ3) is 5.20. The molecule has 0 atom stereocenters. The Bertz CT molecular complexity index is 507. The average Bonchev–Trinajstić information content (AvgIpc) is 2.48. The first-order chi connectivity index (χ1) is 10.1. The quantitative estimate of drug-likeness (QED) is 0.794. The number of carbonyl (C=O) groups is 1. The van der Waals surface area contributed by atoms with Gasteiger partial charge in [0.05, 0.1) is 0 Å². The summed E-state index contributed by atoms with van der Waals surface area (Å²) in [5.74, 6) is 0.148. The molecule has 0 bridgehead atoms. The smallest absolute Gasteiger partial charge is 0.246 e. The maximum absolute atomic E-state index is 11.9. The van der Waals surface area contributed by atoms with Gasteiger partial charge in [-0.2, -0.15) is 0 Å². The van der Waals surface area contributed by atoms with E-state index >= 15 is 0 Å². The second-order valence-electron chi connectivity index (χ2n) is 5.66. The molecule has 0 N–H and O–H groups in total. The van der Waals surface area contributed by atoms with Gasteiger partial charge < -0.3 is 4.90 Å². The van der Waals surface area contributed by atoms with E-state index in [0.717, 1.165) is 38.3 Å². The maximum atomic E-state index is 11.9. The number of benzene rings is 1. The molecule has 1 fully saturated rings. The second-order valence-corrected chi connectivity index (χ2v) is 5.66. The number of hydrogen-bond donors (Lipinski definition) is 0. The van der Waals surface area contributed by atoms with Crippen molar-refractivity contribution < 1.29 is 4.79 Å². The maximum Gasteiger partial charge on any atom is 0.246 e. The third-order valence-corrected chi connectivity index (χ3v) is 3.57. The molecule has 0 aliphatic carbocycles. The van der Waals surface area contributed by atoms with Crippen molar-refractivity contribution in [3.05, 3.63) is 53.6 Å². The van der Waals surface area contributed by atoms with Crippen LogP contribution in [-0.2, 0) is 4.79 Å². The van der Waals surface area contributed by atoms with Crippen molar-refractivity contribution in [1.29, 1.82) is 0 Å². The van der Waals surface area contributed by atoms with Gasteiger partial charge in [-0.15, -0.1) is 0 Å². The van der Waals surface area contributed by atoms with Crippen LogP contribution in [0.15, 0.2) is 48.1 Å². The SMILES string of the molecule is CC(C)=CC(=O)N1CCN(C/C=C/c2ccccc2)CC1. The lowest BCUT2D eigenvalue weighted by Gasteiger charge is -2.33. The van der Waals surface area contributed by atoms with Crippen LogP contribution in [0, 0.1) is 0 Å². The van der Waals surface area contributed by atoms with Crippen molar-refractivity contribution in [2.45, 2.75) is 13.8 Å². The average molecular weight is 284 g/mol. The number of hydrogen-bond acceptors (Lipinski definition) is 2. The van der Waals surface area contributed by atoms with Crippen LogP contribution in [0.4, 0.5) is 0 Å². The van der Waals surface area contributed by atoms with E-state index in [1.165, 1.54) is 5.56 Å². The highest BCUT2D eigenvalue weighted by Crippen LogP contribution is 2.06. The first-order valence-electron chi connectivity index (χ1n) is 7.53. The van der Waals surface area contributed by atoms with Crippen molar-refractivity contribution in [2.24, 2.45) is 0 Å². The summed E-state index contributed by atoms with van der Waals surface area (Å²) in [5, 5.41) is 0. The molecular weight excluding hydrogens is 260 g/mol. The Morgan fingerprint density at radius 1 is 1.10 bits per heavy atom. The van der Waals surface area contributed by atoms with Gasteiger partial charge >= 0.3 is 0 Å². The van der Waals surface area contributed by atoms with Crippen LogP contribution in [0.3, 0.4) is 0 Å². The van der Waals surface area contributed by atoms with Crippen LogP contribution in [-0.4, -0.2) is 48.4 Å². The van der Waals surface area contributed by atoms with E-state index in [2.05, 4.69) is 29.2 Å². The summed E-state index contributed by atoms with van der Waals surface area (Å²) in [6, 6.07) is 10.3. The van der Waals surface area contributed by atoms with Crippen LogP contribution in [0.25, 0.3) is 6.08 Å². The summed E-state index contributed by atoms with van der Waals surface area (Å²) in [6.07, 6.45) is 6.08. The first kappa shape index (κ1) is 15.5. The van der Waals surface area contributed by atoms with E-state index in [9.17, 15) is 4.79 Å². The van der Waals surface area contributed by atoms with E-state index in [0.29, 0.717) is 0 Å². The Labute approximate surface area is 127 Å². The Morgan fingerprint density at radius 3 is 2.38 bits per heavy atom. The zero-order valence-electron chi connectivity index (χ0n) is 13.0. The van der Waals surface area contributed by atoms with Gasteiger partial charge in [-0.05, 0) is 19.4 Å². The molecule has 1 saturated heterocycles. The summed E-state index contributed by atoms with van der Waals surface area (Å²) in [6.45, 7) is 8.40. The van der Waals surface area contributed by atoms with Crippen LogP contribution >= 0.6 is 0 Å². The molecule has 2 rings (SSSR count). The molecule has 3 nitrogen and oxygen atoms in total. The molecular formula is C18H24N2O. The lowest BCUT2D eigenvalue weighted by atomic mass is 10.2. The number of amides is 1. The molecule has 1 aromatic rings. The Balaban J connectivity index is 1.76. The van der Waals surface area contributed by atoms with E-state index in [4.69, 9.17) is 0 Å². The fraction of sp³-hybridized carbons (Fsp3) is 0.389. The van der Waals surface area contributed by atoms with Crippen molar-refractivity contribution in [3.63, 3.8) is 0 Å². The van der Waals surface area contributed by atoms with Crippen LogP contribution < -0.4 is 0 Å². The zero-order valence-corrected chi connectivity index (χ0v) is 13.0. The van der Waals surface area contributed by atoms with E-state index in [1.54, 1.807) is 6.08 Å². The van der Waals surface area contributed by atoms with Gasteiger partial charge in [0.2, 0.25) is 5.91 Å². The normalized spacial score (nSPS) is 16.2. The van der Waals surface area contributed by atoms with Crippen molar-refractivity contribution >= 4 is 12.0 Å². The van der Waals surface area contributed by atoms with Crippen molar-refractivity contribution in [1.82, 2.24) is 9.80 Å².